The van der Waals surface area contributed by atoms with Crippen molar-refractivity contribution in [2.45, 2.75) is 38.6 Å². The van der Waals surface area contributed by atoms with Crippen molar-refractivity contribution in [3.05, 3.63) is 71.8 Å². The van der Waals surface area contributed by atoms with Crippen molar-refractivity contribution in [3.8, 4) is 0 Å². The molecular formula is C21H27NO2. The fourth-order valence-electron chi connectivity index (χ4n) is 2.71. The Morgan fingerprint density at radius 3 is 2.38 bits per heavy atom. The first-order chi connectivity index (χ1) is 11.8. The Morgan fingerprint density at radius 1 is 1.04 bits per heavy atom. The summed E-state index contributed by atoms with van der Waals surface area (Å²) in [5.74, 6) is 0.0941. The van der Waals surface area contributed by atoms with E-state index in [1.54, 1.807) is 0 Å². The second-order valence-electron chi connectivity index (χ2n) is 5.86. The highest BCUT2D eigenvalue weighted by Gasteiger charge is 2.14. The van der Waals surface area contributed by atoms with Gasteiger partial charge in [0.15, 0.2) is 0 Å². The van der Waals surface area contributed by atoms with Gasteiger partial charge in [-0.3, -0.25) is 4.79 Å². The lowest BCUT2D eigenvalue weighted by atomic mass is 9.98. The van der Waals surface area contributed by atoms with Crippen LogP contribution in [0, 0.1) is 0 Å². The smallest absolute Gasteiger partial charge is 0.220 e. The van der Waals surface area contributed by atoms with Gasteiger partial charge in [-0.15, -0.1) is 0 Å². The number of aryl methyl sites for hydroxylation is 1. The quantitative estimate of drug-likeness (QED) is 0.662. The molecule has 1 atom stereocenters. The lowest BCUT2D eigenvalue weighted by Crippen LogP contribution is -2.29. The molecule has 1 unspecified atom stereocenters. The van der Waals surface area contributed by atoms with Crippen LogP contribution in [0.15, 0.2) is 60.7 Å². The van der Waals surface area contributed by atoms with Crippen molar-refractivity contribution < 1.29 is 9.53 Å². The molecule has 0 spiro atoms. The van der Waals surface area contributed by atoms with Crippen LogP contribution < -0.4 is 5.32 Å². The standard InChI is InChI=1S/C21H27NO2/c1-2-24-17-9-14-21(23)22-20(19-12-7-4-8-13-19)16-15-18-10-5-3-6-11-18/h3-8,10-13,20H,2,9,14-17H2,1H3,(H,22,23). The molecule has 128 valence electrons. The van der Waals surface area contributed by atoms with Crippen LogP contribution in [0.5, 0.6) is 0 Å². The van der Waals surface area contributed by atoms with Crippen molar-refractivity contribution in [2.24, 2.45) is 0 Å². The van der Waals surface area contributed by atoms with E-state index in [9.17, 15) is 4.79 Å². The number of hydrogen-bond acceptors (Lipinski definition) is 2. The summed E-state index contributed by atoms with van der Waals surface area (Å²) >= 11 is 0. The zero-order chi connectivity index (χ0) is 17.0. The van der Waals surface area contributed by atoms with Crippen molar-refractivity contribution in [1.29, 1.82) is 0 Å². The van der Waals surface area contributed by atoms with E-state index in [0.29, 0.717) is 19.6 Å². The fourth-order valence-corrected chi connectivity index (χ4v) is 2.71. The van der Waals surface area contributed by atoms with Crippen molar-refractivity contribution >= 4 is 5.91 Å². The Kier molecular flexibility index (Phi) is 8.05. The molecule has 2 rings (SSSR count). The number of rotatable bonds is 10. The molecule has 0 aliphatic carbocycles. The van der Waals surface area contributed by atoms with Gasteiger partial charge in [-0.2, -0.15) is 0 Å². The normalized spacial score (nSPS) is 11.9. The summed E-state index contributed by atoms with van der Waals surface area (Å²) < 4.78 is 5.30. The maximum absolute atomic E-state index is 12.2. The van der Waals surface area contributed by atoms with Gasteiger partial charge in [-0.1, -0.05) is 60.7 Å². The van der Waals surface area contributed by atoms with E-state index in [1.807, 2.05) is 31.2 Å². The zero-order valence-corrected chi connectivity index (χ0v) is 14.4. The number of ether oxygens (including phenoxy) is 1. The van der Waals surface area contributed by atoms with Crippen LogP contribution in [0.4, 0.5) is 0 Å². The molecule has 1 N–H and O–H groups in total. The summed E-state index contributed by atoms with van der Waals surface area (Å²) in [6.07, 6.45) is 3.11. The van der Waals surface area contributed by atoms with Crippen molar-refractivity contribution in [2.75, 3.05) is 13.2 Å². The third-order valence-corrected chi connectivity index (χ3v) is 4.00. The second-order valence-corrected chi connectivity index (χ2v) is 5.86. The number of hydrogen-bond donors (Lipinski definition) is 1. The van der Waals surface area contributed by atoms with E-state index in [2.05, 4.69) is 41.7 Å². The Bertz CT molecular complexity index is 583. The van der Waals surface area contributed by atoms with Gasteiger partial charge >= 0.3 is 0 Å². The number of amides is 1. The molecule has 0 bridgehead atoms. The first-order valence-electron chi connectivity index (χ1n) is 8.75. The van der Waals surface area contributed by atoms with Gasteiger partial charge in [0.2, 0.25) is 5.91 Å². The average molecular weight is 325 g/mol. The molecule has 3 nitrogen and oxygen atoms in total. The van der Waals surface area contributed by atoms with Crippen LogP contribution in [0.3, 0.4) is 0 Å². The summed E-state index contributed by atoms with van der Waals surface area (Å²) in [7, 11) is 0. The summed E-state index contributed by atoms with van der Waals surface area (Å²) in [5, 5.41) is 3.19. The zero-order valence-electron chi connectivity index (χ0n) is 14.4. The largest absolute Gasteiger partial charge is 0.382 e. The van der Waals surface area contributed by atoms with Crippen molar-refractivity contribution in [1.82, 2.24) is 5.32 Å². The molecule has 2 aromatic rings. The van der Waals surface area contributed by atoms with Crippen molar-refractivity contribution in [3.63, 3.8) is 0 Å². The van der Waals surface area contributed by atoms with Crippen LogP contribution in [0.25, 0.3) is 0 Å². The minimum Gasteiger partial charge on any atom is -0.382 e. The van der Waals surface area contributed by atoms with E-state index in [-0.39, 0.29) is 11.9 Å². The minimum atomic E-state index is 0.0472. The maximum Gasteiger partial charge on any atom is 0.220 e. The summed E-state index contributed by atoms with van der Waals surface area (Å²) in [6.45, 7) is 3.31. The monoisotopic (exact) mass is 325 g/mol. The van der Waals surface area contributed by atoms with Gasteiger partial charge in [-0.25, -0.2) is 0 Å². The van der Waals surface area contributed by atoms with Gasteiger partial charge in [0.25, 0.3) is 0 Å². The number of carbonyl (C=O) groups excluding carboxylic acids is 1. The molecule has 0 saturated heterocycles. The van der Waals surface area contributed by atoms with Gasteiger partial charge in [0, 0.05) is 19.6 Å². The van der Waals surface area contributed by atoms with Crippen LogP contribution in [-0.2, 0) is 16.0 Å². The molecule has 2 aromatic carbocycles. The fraction of sp³-hybridized carbons (Fsp3) is 0.381. The minimum absolute atomic E-state index is 0.0472. The topological polar surface area (TPSA) is 38.3 Å². The molecule has 1 amide bonds. The Balaban J connectivity index is 1.92. The number of carbonyl (C=O) groups is 1. The summed E-state index contributed by atoms with van der Waals surface area (Å²) in [4.78, 5) is 12.2. The number of benzene rings is 2. The predicted molar refractivity (Wildman–Crippen MR) is 97.8 cm³/mol. The molecule has 0 radical (unpaired) electrons. The third kappa shape index (κ3) is 6.55. The summed E-state index contributed by atoms with van der Waals surface area (Å²) in [6, 6.07) is 20.6. The van der Waals surface area contributed by atoms with E-state index in [1.165, 1.54) is 5.56 Å². The highest BCUT2D eigenvalue weighted by Crippen LogP contribution is 2.19. The molecular weight excluding hydrogens is 298 g/mol. The maximum atomic E-state index is 12.2. The highest BCUT2D eigenvalue weighted by atomic mass is 16.5. The first-order valence-corrected chi connectivity index (χ1v) is 8.75. The second kappa shape index (κ2) is 10.6. The molecule has 0 fully saturated rings. The lowest BCUT2D eigenvalue weighted by Gasteiger charge is -2.19. The molecule has 0 saturated carbocycles. The van der Waals surface area contributed by atoms with Crippen LogP contribution in [-0.4, -0.2) is 19.1 Å². The van der Waals surface area contributed by atoms with E-state index < -0.39 is 0 Å². The Morgan fingerprint density at radius 2 is 1.71 bits per heavy atom. The van der Waals surface area contributed by atoms with Crippen LogP contribution in [0.1, 0.15) is 43.4 Å². The van der Waals surface area contributed by atoms with Crippen LogP contribution >= 0.6 is 0 Å². The van der Waals surface area contributed by atoms with E-state index in [4.69, 9.17) is 4.74 Å². The molecule has 0 heterocycles. The highest BCUT2D eigenvalue weighted by molar-refractivity contribution is 5.76. The third-order valence-electron chi connectivity index (χ3n) is 4.00. The Hall–Kier alpha value is -2.13. The van der Waals surface area contributed by atoms with Gasteiger partial charge in [0.1, 0.15) is 0 Å². The average Bonchev–Trinajstić information content (AvgIpc) is 2.64. The van der Waals surface area contributed by atoms with Gasteiger partial charge in [0.05, 0.1) is 6.04 Å². The lowest BCUT2D eigenvalue weighted by molar-refractivity contribution is -0.122. The first kappa shape index (κ1) is 18.2. The van der Waals surface area contributed by atoms with Gasteiger partial charge < -0.3 is 10.1 Å². The van der Waals surface area contributed by atoms with E-state index >= 15 is 0 Å². The SMILES string of the molecule is CCOCCCC(=O)NC(CCc1ccccc1)c1ccccc1. The molecule has 0 aromatic heterocycles. The molecule has 3 heteroatoms. The van der Waals surface area contributed by atoms with Gasteiger partial charge in [-0.05, 0) is 37.3 Å². The van der Waals surface area contributed by atoms with Crippen LogP contribution in [0.2, 0.25) is 0 Å². The Labute approximate surface area is 145 Å². The molecule has 0 aliphatic rings. The predicted octanol–water partition coefficient (Wildman–Crippen LogP) is 4.29. The number of nitrogens with one attached hydrogen (secondary N) is 1. The molecule has 24 heavy (non-hydrogen) atoms. The summed E-state index contributed by atoms with van der Waals surface area (Å²) in [5.41, 5.74) is 2.45. The van der Waals surface area contributed by atoms with E-state index in [0.717, 1.165) is 24.8 Å². The molecule has 0 aliphatic heterocycles.